The van der Waals surface area contributed by atoms with Crippen molar-refractivity contribution >= 4 is 28.4 Å². The first-order valence-electron chi connectivity index (χ1n) is 9.42. The second-order valence-corrected chi connectivity index (χ2v) is 7.62. The summed E-state index contributed by atoms with van der Waals surface area (Å²) >= 11 is 5.98. The highest BCUT2D eigenvalue weighted by Gasteiger charge is 2.29. The van der Waals surface area contributed by atoms with E-state index >= 15 is 0 Å². The van der Waals surface area contributed by atoms with Crippen LogP contribution in [0.1, 0.15) is 40.2 Å². The van der Waals surface area contributed by atoms with Gasteiger partial charge in [0.25, 0.3) is 5.56 Å². The van der Waals surface area contributed by atoms with E-state index in [1.807, 2.05) is 12.1 Å². The maximum Gasteiger partial charge on any atom is 0.329 e. The summed E-state index contributed by atoms with van der Waals surface area (Å²) in [7, 11) is 1.59. The third-order valence-electron chi connectivity index (χ3n) is 5.37. The van der Waals surface area contributed by atoms with Crippen LogP contribution in [0.25, 0.3) is 11.0 Å². The highest BCUT2D eigenvalue weighted by molar-refractivity contribution is 6.30. The molecule has 29 heavy (non-hydrogen) atoms. The van der Waals surface area contributed by atoms with Crippen LogP contribution in [0.4, 0.5) is 0 Å². The van der Waals surface area contributed by atoms with Crippen LogP contribution in [0, 0.1) is 0 Å². The molecule has 2 heterocycles. The third-order valence-corrected chi connectivity index (χ3v) is 5.62. The summed E-state index contributed by atoms with van der Waals surface area (Å²) in [6.45, 7) is 0.843. The number of ketones is 1. The fourth-order valence-corrected chi connectivity index (χ4v) is 4.08. The van der Waals surface area contributed by atoms with Gasteiger partial charge in [-0.15, -0.1) is 0 Å². The van der Waals surface area contributed by atoms with Crippen molar-refractivity contribution in [1.82, 2.24) is 14.5 Å². The Kier molecular flexibility index (Phi) is 5.34. The van der Waals surface area contributed by atoms with Crippen LogP contribution in [-0.4, -0.2) is 34.0 Å². The summed E-state index contributed by atoms with van der Waals surface area (Å²) in [5.74, 6) is -0.122. The van der Waals surface area contributed by atoms with E-state index in [2.05, 4.69) is 9.97 Å². The van der Waals surface area contributed by atoms with E-state index in [4.69, 9.17) is 16.3 Å². The zero-order valence-corrected chi connectivity index (χ0v) is 16.7. The van der Waals surface area contributed by atoms with E-state index in [1.165, 1.54) is 10.8 Å². The Labute approximate surface area is 171 Å². The molecule has 3 aromatic rings. The van der Waals surface area contributed by atoms with Gasteiger partial charge in [-0.25, -0.2) is 9.78 Å². The Morgan fingerprint density at radius 1 is 1.21 bits per heavy atom. The number of methoxy groups -OCH3 is 1. The number of halogens is 1. The van der Waals surface area contributed by atoms with Crippen LogP contribution >= 0.6 is 11.6 Å². The summed E-state index contributed by atoms with van der Waals surface area (Å²) in [6, 6.07) is 7.39. The number of aromatic nitrogens is 3. The first-order valence-corrected chi connectivity index (χ1v) is 9.79. The van der Waals surface area contributed by atoms with Gasteiger partial charge in [0.05, 0.1) is 5.39 Å². The van der Waals surface area contributed by atoms with Gasteiger partial charge < -0.3 is 4.74 Å². The monoisotopic (exact) mass is 413 g/mol. The molecule has 0 aliphatic heterocycles. The standard InChI is InChI=1S/C21H20ClN3O4/c1-29-8-2-7-25-19-18(20(27)24-21(25)28)15-9-13(10-17(26)16(15)11-23-19)12-3-5-14(22)6-4-12/h3-6,11,13H,2,7-10H2,1H3,(H,24,27,28). The number of pyridine rings is 1. The van der Waals surface area contributed by atoms with Crippen molar-refractivity contribution in [3.63, 3.8) is 0 Å². The normalized spacial score (nSPS) is 16.2. The molecule has 0 saturated heterocycles. The fourth-order valence-electron chi connectivity index (χ4n) is 3.95. The fraction of sp³-hybridized carbons (Fsp3) is 0.333. The Balaban J connectivity index is 1.85. The quantitative estimate of drug-likeness (QED) is 0.649. The molecule has 7 nitrogen and oxygen atoms in total. The van der Waals surface area contributed by atoms with E-state index in [-0.39, 0.29) is 11.7 Å². The summed E-state index contributed by atoms with van der Waals surface area (Å²) < 4.78 is 6.49. The summed E-state index contributed by atoms with van der Waals surface area (Å²) in [5, 5.41) is 0.939. The summed E-state index contributed by atoms with van der Waals surface area (Å²) in [5.41, 5.74) is 1.37. The zero-order valence-electron chi connectivity index (χ0n) is 15.9. The molecule has 4 rings (SSSR count). The molecule has 1 atom stereocenters. The smallest absolute Gasteiger partial charge is 0.329 e. The molecule has 1 aliphatic rings. The lowest BCUT2D eigenvalue weighted by Crippen LogP contribution is -2.33. The van der Waals surface area contributed by atoms with Crippen molar-refractivity contribution in [2.75, 3.05) is 13.7 Å². The van der Waals surface area contributed by atoms with Crippen molar-refractivity contribution in [3.8, 4) is 0 Å². The van der Waals surface area contributed by atoms with Gasteiger partial charge >= 0.3 is 5.69 Å². The topological polar surface area (TPSA) is 94.1 Å². The van der Waals surface area contributed by atoms with Crippen LogP contribution in [-0.2, 0) is 17.7 Å². The number of nitrogens with zero attached hydrogens (tertiary/aromatic N) is 2. The van der Waals surface area contributed by atoms with E-state index in [0.717, 1.165) is 5.56 Å². The van der Waals surface area contributed by atoms with Gasteiger partial charge in [0.2, 0.25) is 0 Å². The molecule has 0 fully saturated rings. The van der Waals surface area contributed by atoms with Gasteiger partial charge in [0, 0.05) is 43.5 Å². The second kappa shape index (κ2) is 7.93. The zero-order chi connectivity index (χ0) is 20.5. The number of carbonyl (C=O) groups excluding carboxylic acids is 1. The number of nitrogens with one attached hydrogen (secondary N) is 1. The molecule has 2 aromatic heterocycles. The predicted molar refractivity (Wildman–Crippen MR) is 110 cm³/mol. The number of ether oxygens (including phenoxy) is 1. The summed E-state index contributed by atoms with van der Waals surface area (Å²) in [6.07, 6.45) is 2.95. The van der Waals surface area contributed by atoms with E-state index in [0.29, 0.717) is 59.6 Å². The van der Waals surface area contributed by atoms with Crippen LogP contribution < -0.4 is 11.2 Å². The number of aromatic amines is 1. The minimum atomic E-state index is -0.512. The van der Waals surface area contributed by atoms with E-state index in [1.54, 1.807) is 19.2 Å². The van der Waals surface area contributed by atoms with Crippen LogP contribution in [0.15, 0.2) is 40.1 Å². The molecule has 0 radical (unpaired) electrons. The maximum absolute atomic E-state index is 12.8. The highest BCUT2D eigenvalue weighted by atomic mass is 35.5. The number of fused-ring (bicyclic) bond motifs is 3. The van der Waals surface area contributed by atoms with Crippen LogP contribution in [0.2, 0.25) is 5.02 Å². The largest absolute Gasteiger partial charge is 0.385 e. The number of aryl methyl sites for hydroxylation is 1. The Bertz CT molecular complexity index is 1200. The maximum atomic E-state index is 12.8. The molecule has 1 N–H and O–H groups in total. The van der Waals surface area contributed by atoms with Crippen molar-refractivity contribution in [3.05, 3.63) is 73.0 Å². The number of Topliss-reactive ketones (excluding diaryl/α,β-unsaturated/α-hetero) is 1. The van der Waals surface area contributed by atoms with E-state index < -0.39 is 11.2 Å². The third kappa shape index (κ3) is 3.63. The van der Waals surface area contributed by atoms with Crippen molar-refractivity contribution < 1.29 is 9.53 Å². The summed E-state index contributed by atoms with van der Waals surface area (Å²) in [4.78, 5) is 44.5. The van der Waals surface area contributed by atoms with Gasteiger partial charge in [0.15, 0.2) is 5.78 Å². The second-order valence-electron chi connectivity index (χ2n) is 7.19. The lowest BCUT2D eigenvalue weighted by atomic mass is 9.79. The molecule has 0 bridgehead atoms. The van der Waals surface area contributed by atoms with Crippen LogP contribution in [0.5, 0.6) is 0 Å². The first kappa shape index (κ1) is 19.5. The molecular formula is C21H20ClN3O4. The number of hydrogen-bond donors (Lipinski definition) is 1. The molecule has 8 heteroatoms. The molecule has 1 aromatic carbocycles. The molecule has 0 saturated carbocycles. The van der Waals surface area contributed by atoms with Crippen molar-refractivity contribution in [2.45, 2.75) is 31.7 Å². The molecule has 1 aliphatic carbocycles. The predicted octanol–water partition coefficient (Wildman–Crippen LogP) is 2.69. The number of H-pyrrole nitrogens is 1. The van der Waals surface area contributed by atoms with E-state index in [9.17, 15) is 14.4 Å². The Hall–Kier alpha value is -2.77. The van der Waals surface area contributed by atoms with Gasteiger partial charge in [0.1, 0.15) is 5.65 Å². The Morgan fingerprint density at radius 3 is 2.69 bits per heavy atom. The average Bonchev–Trinajstić information content (AvgIpc) is 2.70. The number of rotatable bonds is 5. The molecular weight excluding hydrogens is 394 g/mol. The SMILES string of the molecule is COCCCn1c(=O)[nH]c(=O)c2c3c(cnc21)C(=O)CC(c1ccc(Cl)cc1)C3. The minimum Gasteiger partial charge on any atom is -0.385 e. The first-order chi connectivity index (χ1) is 14.0. The van der Waals surface area contributed by atoms with Crippen LogP contribution in [0.3, 0.4) is 0 Å². The van der Waals surface area contributed by atoms with Crippen molar-refractivity contribution in [1.29, 1.82) is 0 Å². The molecule has 1 unspecified atom stereocenters. The van der Waals surface area contributed by atoms with Crippen molar-refractivity contribution in [2.24, 2.45) is 0 Å². The minimum absolute atomic E-state index is 0.0582. The van der Waals surface area contributed by atoms with Gasteiger partial charge in [-0.2, -0.15) is 0 Å². The highest BCUT2D eigenvalue weighted by Crippen LogP contribution is 2.35. The number of benzene rings is 1. The number of hydrogen-bond acceptors (Lipinski definition) is 5. The lowest BCUT2D eigenvalue weighted by Gasteiger charge is -2.25. The van der Waals surface area contributed by atoms with Gasteiger partial charge in [-0.3, -0.25) is 19.1 Å². The van der Waals surface area contributed by atoms with Gasteiger partial charge in [-0.1, -0.05) is 23.7 Å². The molecule has 0 spiro atoms. The Morgan fingerprint density at radius 2 is 1.97 bits per heavy atom. The van der Waals surface area contributed by atoms with Gasteiger partial charge in [-0.05, 0) is 42.0 Å². The molecule has 0 amide bonds. The number of carbonyl (C=O) groups is 1. The lowest BCUT2D eigenvalue weighted by molar-refractivity contribution is 0.0964. The molecule has 150 valence electrons. The average molecular weight is 414 g/mol.